The maximum absolute atomic E-state index is 12.4. The standard InChI is InChI=1S/C27H37N3O4/c1-18(2)22-12-21(13-23(15-22)29-19(3)31)16-28-17-25(32)24(14-20-10-8-7-9-11-20)30-26(33)34-27(4,5)6/h7-13,15,24-25,28,32H,1,14,16-17H2,2-6H3,(H,29,31)(H,30,33)/t24-,25+/m0/s1. The first-order valence-electron chi connectivity index (χ1n) is 11.4. The lowest BCUT2D eigenvalue weighted by Crippen LogP contribution is -2.49. The van der Waals surface area contributed by atoms with Gasteiger partial charge in [0, 0.05) is 25.7 Å². The number of alkyl carbamates (subject to hydrolysis) is 1. The fourth-order valence-electron chi connectivity index (χ4n) is 3.43. The van der Waals surface area contributed by atoms with Crippen LogP contribution in [0, 0.1) is 0 Å². The second-order valence-electron chi connectivity index (χ2n) is 9.52. The highest BCUT2D eigenvalue weighted by Gasteiger charge is 2.25. The lowest BCUT2D eigenvalue weighted by Gasteiger charge is -2.27. The van der Waals surface area contributed by atoms with E-state index >= 15 is 0 Å². The Bertz CT molecular complexity index is 983. The van der Waals surface area contributed by atoms with Gasteiger partial charge in [-0.2, -0.15) is 0 Å². The van der Waals surface area contributed by atoms with Crippen LogP contribution in [0.2, 0.25) is 0 Å². The third-order valence-corrected chi connectivity index (χ3v) is 4.95. The summed E-state index contributed by atoms with van der Waals surface area (Å²) in [5, 5.41) is 19.8. The minimum Gasteiger partial charge on any atom is -0.444 e. The molecule has 2 aromatic carbocycles. The number of nitrogens with one attached hydrogen (secondary N) is 3. The molecule has 2 atom stereocenters. The van der Waals surface area contributed by atoms with E-state index in [0.717, 1.165) is 22.3 Å². The molecule has 0 aromatic heterocycles. The van der Waals surface area contributed by atoms with E-state index in [1.165, 1.54) is 6.92 Å². The zero-order valence-electron chi connectivity index (χ0n) is 20.8. The highest BCUT2D eigenvalue weighted by atomic mass is 16.6. The summed E-state index contributed by atoms with van der Waals surface area (Å²) in [6.45, 7) is 13.5. The number of amides is 2. The number of carbonyl (C=O) groups excluding carboxylic acids is 2. The number of ether oxygens (including phenoxy) is 1. The van der Waals surface area contributed by atoms with E-state index in [4.69, 9.17) is 4.74 Å². The summed E-state index contributed by atoms with van der Waals surface area (Å²) in [5.74, 6) is -0.148. The van der Waals surface area contributed by atoms with Gasteiger partial charge in [0.25, 0.3) is 0 Å². The SMILES string of the molecule is C=C(C)c1cc(CNC[C@@H](O)[C@H](Cc2ccccc2)NC(=O)OC(C)(C)C)cc(NC(C)=O)c1. The zero-order valence-corrected chi connectivity index (χ0v) is 20.8. The lowest BCUT2D eigenvalue weighted by molar-refractivity contribution is -0.114. The van der Waals surface area contributed by atoms with Crippen LogP contribution in [0.15, 0.2) is 55.1 Å². The van der Waals surface area contributed by atoms with Crippen molar-refractivity contribution in [1.82, 2.24) is 10.6 Å². The molecule has 184 valence electrons. The molecule has 7 nitrogen and oxygen atoms in total. The summed E-state index contributed by atoms with van der Waals surface area (Å²) in [6.07, 6.45) is -0.964. The Hall–Kier alpha value is -3.16. The molecule has 0 fully saturated rings. The predicted octanol–water partition coefficient (Wildman–Crippen LogP) is 4.26. The van der Waals surface area contributed by atoms with Crippen LogP contribution in [0.3, 0.4) is 0 Å². The largest absolute Gasteiger partial charge is 0.444 e. The summed E-state index contributed by atoms with van der Waals surface area (Å²) < 4.78 is 5.39. The molecule has 0 radical (unpaired) electrons. The van der Waals surface area contributed by atoms with Crippen LogP contribution < -0.4 is 16.0 Å². The molecule has 0 bridgehead atoms. The molecule has 4 N–H and O–H groups in total. The Labute approximate surface area is 202 Å². The molecule has 7 heteroatoms. The van der Waals surface area contributed by atoms with Crippen molar-refractivity contribution >= 4 is 23.3 Å². The van der Waals surface area contributed by atoms with Crippen molar-refractivity contribution in [1.29, 1.82) is 0 Å². The van der Waals surface area contributed by atoms with Crippen LogP contribution in [0.4, 0.5) is 10.5 Å². The number of aliphatic hydroxyl groups excluding tert-OH is 1. The predicted molar refractivity (Wildman–Crippen MR) is 136 cm³/mol. The molecule has 34 heavy (non-hydrogen) atoms. The number of hydrogen-bond acceptors (Lipinski definition) is 5. The Balaban J connectivity index is 2.07. The number of allylic oxidation sites excluding steroid dienone is 1. The first-order chi connectivity index (χ1) is 15.9. The van der Waals surface area contributed by atoms with Gasteiger partial charge >= 0.3 is 6.09 Å². The molecule has 0 aliphatic heterocycles. The first-order valence-corrected chi connectivity index (χ1v) is 11.4. The van der Waals surface area contributed by atoms with E-state index in [-0.39, 0.29) is 12.5 Å². The Morgan fingerprint density at radius 3 is 2.32 bits per heavy atom. The summed E-state index contributed by atoms with van der Waals surface area (Å²) in [7, 11) is 0. The fourth-order valence-corrected chi connectivity index (χ4v) is 3.43. The number of rotatable bonds is 10. The fraction of sp³-hybridized carbons (Fsp3) is 0.407. The van der Waals surface area contributed by atoms with E-state index in [2.05, 4.69) is 22.5 Å². The van der Waals surface area contributed by atoms with Gasteiger partial charge in [0.05, 0.1) is 12.1 Å². The first kappa shape index (κ1) is 27.1. The molecular formula is C27H37N3O4. The monoisotopic (exact) mass is 467 g/mol. The number of benzene rings is 2. The van der Waals surface area contributed by atoms with Crippen molar-refractivity contribution in [2.45, 2.75) is 65.3 Å². The molecule has 2 rings (SSSR count). The van der Waals surface area contributed by atoms with Gasteiger partial charge in [-0.25, -0.2) is 4.79 Å². The number of hydrogen-bond donors (Lipinski definition) is 4. The van der Waals surface area contributed by atoms with Crippen LogP contribution in [0.1, 0.15) is 51.3 Å². The van der Waals surface area contributed by atoms with Gasteiger partial charge < -0.3 is 25.8 Å². The quantitative estimate of drug-likeness (QED) is 0.418. The van der Waals surface area contributed by atoms with E-state index < -0.39 is 23.8 Å². The van der Waals surface area contributed by atoms with Crippen molar-refractivity contribution in [2.75, 3.05) is 11.9 Å². The van der Waals surface area contributed by atoms with Crippen LogP contribution in [0.25, 0.3) is 5.57 Å². The second kappa shape index (κ2) is 12.3. The number of anilines is 1. The maximum Gasteiger partial charge on any atom is 0.407 e. The van der Waals surface area contributed by atoms with Gasteiger partial charge in [0.1, 0.15) is 5.60 Å². The van der Waals surface area contributed by atoms with E-state index in [0.29, 0.717) is 18.7 Å². The smallest absolute Gasteiger partial charge is 0.407 e. The molecule has 0 aliphatic carbocycles. The summed E-state index contributed by atoms with van der Waals surface area (Å²) in [4.78, 5) is 23.9. The number of aliphatic hydroxyl groups is 1. The van der Waals surface area contributed by atoms with Gasteiger partial charge in [-0.3, -0.25) is 4.79 Å². The third-order valence-electron chi connectivity index (χ3n) is 4.95. The normalized spacial score (nSPS) is 13.0. The zero-order chi connectivity index (χ0) is 25.3. The van der Waals surface area contributed by atoms with Gasteiger partial charge in [0.15, 0.2) is 0 Å². The van der Waals surface area contributed by atoms with Crippen molar-refractivity contribution in [3.05, 3.63) is 71.8 Å². The molecule has 0 saturated heterocycles. The summed E-state index contributed by atoms with van der Waals surface area (Å²) in [5.41, 5.74) is 3.81. The van der Waals surface area contributed by atoms with Gasteiger partial charge in [-0.1, -0.05) is 48.6 Å². The highest BCUT2D eigenvalue weighted by Crippen LogP contribution is 2.20. The Morgan fingerprint density at radius 1 is 1.06 bits per heavy atom. The molecule has 0 unspecified atom stereocenters. The van der Waals surface area contributed by atoms with Gasteiger partial charge in [-0.15, -0.1) is 0 Å². The van der Waals surface area contributed by atoms with Gasteiger partial charge in [0.2, 0.25) is 5.91 Å². The molecule has 2 aromatic rings. The third kappa shape index (κ3) is 9.77. The average Bonchev–Trinajstić information content (AvgIpc) is 2.72. The van der Waals surface area contributed by atoms with Crippen molar-refractivity contribution in [3.63, 3.8) is 0 Å². The van der Waals surface area contributed by atoms with E-state index in [1.807, 2.05) is 55.5 Å². The summed E-state index contributed by atoms with van der Waals surface area (Å²) in [6, 6.07) is 14.9. The molecule has 2 amide bonds. The molecular weight excluding hydrogens is 430 g/mol. The van der Waals surface area contributed by atoms with Gasteiger partial charge in [-0.05, 0) is 62.9 Å². The minimum atomic E-state index is -0.855. The average molecular weight is 468 g/mol. The molecule has 0 saturated carbocycles. The van der Waals surface area contributed by atoms with Crippen LogP contribution in [-0.2, 0) is 22.5 Å². The number of carbonyl (C=O) groups is 2. The van der Waals surface area contributed by atoms with Crippen LogP contribution in [0.5, 0.6) is 0 Å². The van der Waals surface area contributed by atoms with Crippen LogP contribution >= 0.6 is 0 Å². The Morgan fingerprint density at radius 2 is 1.74 bits per heavy atom. The second-order valence-corrected chi connectivity index (χ2v) is 9.52. The molecule has 0 spiro atoms. The molecule has 0 heterocycles. The van der Waals surface area contributed by atoms with Crippen molar-refractivity contribution < 1.29 is 19.4 Å². The van der Waals surface area contributed by atoms with Crippen molar-refractivity contribution in [2.24, 2.45) is 0 Å². The van der Waals surface area contributed by atoms with E-state index in [1.54, 1.807) is 20.8 Å². The van der Waals surface area contributed by atoms with E-state index in [9.17, 15) is 14.7 Å². The topological polar surface area (TPSA) is 99.7 Å². The minimum absolute atomic E-state index is 0.148. The summed E-state index contributed by atoms with van der Waals surface area (Å²) >= 11 is 0. The lowest BCUT2D eigenvalue weighted by atomic mass is 10.0. The maximum atomic E-state index is 12.4. The highest BCUT2D eigenvalue weighted by molar-refractivity contribution is 5.89. The Kier molecular flexibility index (Phi) is 9.83. The molecule has 0 aliphatic rings. The van der Waals surface area contributed by atoms with Crippen molar-refractivity contribution in [3.8, 4) is 0 Å². The van der Waals surface area contributed by atoms with Crippen LogP contribution in [-0.4, -0.2) is 41.4 Å².